The highest BCUT2D eigenvalue weighted by Crippen LogP contribution is 2.40. The predicted molar refractivity (Wildman–Crippen MR) is 153 cm³/mol. The average Bonchev–Trinajstić information content (AvgIpc) is 3.00. The van der Waals surface area contributed by atoms with Gasteiger partial charge in [-0.05, 0) is 65.6 Å². The van der Waals surface area contributed by atoms with Crippen molar-refractivity contribution >= 4 is 34.2 Å². The number of phenols is 1. The monoisotopic (exact) mass is 522 g/mol. The molecule has 39 heavy (non-hydrogen) atoms. The number of carbonyl (C=O) groups is 1. The highest BCUT2D eigenvalue weighted by atomic mass is 16.5. The number of hydrogen-bond donors (Lipinski definition) is 1. The molecule has 0 aliphatic carbocycles. The molecule has 198 valence electrons. The Morgan fingerprint density at radius 2 is 1.51 bits per heavy atom. The molecule has 0 spiro atoms. The minimum atomic E-state index is -0.576. The van der Waals surface area contributed by atoms with Gasteiger partial charge < -0.3 is 29.1 Å². The summed E-state index contributed by atoms with van der Waals surface area (Å²) in [4.78, 5) is 16.8. The lowest BCUT2D eigenvalue weighted by atomic mass is 9.98. The fraction of sp³-hybridized carbons (Fsp3) is 0.219. The van der Waals surface area contributed by atoms with E-state index in [0.717, 1.165) is 53.8 Å². The molecule has 6 rings (SSSR count). The summed E-state index contributed by atoms with van der Waals surface area (Å²) in [5.41, 5.74) is 4.52. The van der Waals surface area contributed by atoms with E-state index in [2.05, 4.69) is 46.2 Å². The van der Waals surface area contributed by atoms with E-state index in [1.54, 1.807) is 19.2 Å². The maximum Gasteiger partial charge on any atom is 0.341 e. The van der Waals surface area contributed by atoms with Gasteiger partial charge in [-0.25, -0.2) is 4.79 Å². The topological polar surface area (TPSA) is 71.5 Å². The van der Waals surface area contributed by atoms with Crippen LogP contribution in [0.15, 0.2) is 78.9 Å². The quantitative estimate of drug-likeness (QED) is 0.332. The van der Waals surface area contributed by atoms with Crippen molar-refractivity contribution in [2.75, 3.05) is 50.2 Å². The molecule has 1 unspecified atom stereocenters. The van der Waals surface area contributed by atoms with E-state index in [1.165, 1.54) is 18.5 Å². The number of hydrogen-bond acceptors (Lipinski definition) is 7. The second kappa shape index (κ2) is 10.3. The lowest BCUT2D eigenvalue weighted by Crippen LogP contribution is -2.46. The number of aromatic hydroxyl groups is 1. The fourth-order valence-corrected chi connectivity index (χ4v) is 5.31. The number of anilines is 2. The SMILES string of the molecule is COC(=O)c1cc2ccc3c(c2cc1O)OC(c1ccc(N2CCN(c4ccc(OC)cc4)CC2)cc1)C=C3. The van der Waals surface area contributed by atoms with Crippen LogP contribution in [0.5, 0.6) is 17.2 Å². The summed E-state index contributed by atoms with van der Waals surface area (Å²) in [5.74, 6) is 0.851. The Hall–Kier alpha value is -4.65. The van der Waals surface area contributed by atoms with Gasteiger partial charge in [-0.1, -0.05) is 30.3 Å². The summed E-state index contributed by atoms with van der Waals surface area (Å²) in [6.45, 7) is 3.80. The Labute approximate surface area is 227 Å². The number of phenolic OH excluding ortho intramolecular Hbond substituents is 1. The minimum Gasteiger partial charge on any atom is -0.507 e. The van der Waals surface area contributed by atoms with Crippen molar-refractivity contribution in [3.05, 3.63) is 95.6 Å². The Balaban J connectivity index is 1.16. The fourth-order valence-electron chi connectivity index (χ4n) is 5.31. The molecule has 1 atom stereocenters. The van der Waals surface area contributed by atoms with Crippen LogP contribution >= 0.6 is 0 Å². The summed E-state index contributed by atoms with van der Waals surface area (Å²) in [7, 11) is 2.98. The van der Waals surface area contributed by atoms with Crippen molar-refractivity contribution in [1.82, 2.24) is 0 Å². The Kier molecular flexibility index (Phi) is 6.49. The molecule has 1 N–H and O–H groups in total. The van der Waals surface area contributed by atoms with Crippen molar-refractivity contribution < 1.29 is 24.1 Å². The third-order valence-electron chi connectivity index (χ3n) is 7.52. The standard InChI is InChI=1S/C32H30N2O5/c1-37-26-12-10-25(11-13-26)34-17-15-33(16-18-34)24-8-5-21(6-9-24)30-14-7-22-3-4-23-19-28(32(36)38-2)29(35)20-27(23)31(22)39-30/h3-14,19-20,30,35H,15-18H2,1-2H3. The maximum absolute atomic E-state index is 12.0. The van der Waals surface area contributed by atoms with E-state index in [9.17, 15) is 9.90 Å². The number of methoxy groups -OCH3 is 2. The second-order valence-electron chi connectivity index (χ2n) is 9.73. The smallest absolute Gasteiger partial charge is 0.341 e. The molecule has 2 aliphatic heterocycles. The Morgan fingerprint density at radius 1 is 0.872 bits per heavy atom. The van der Waals surface area contributed by atoms with Crippen LogP contribution < -0.4 is 19.3 Å². The molecule has 0 radical (unpaired) electrons. The van der Waals surface area contributed by atoms with Crippen LogP contribution in [-0.4, -0.2) is 51.5 Å². The summed E-state index contributed by atoms with van der Waals surface area (Å²) in [6.07, 6.45) is 3.83. The van der Waals surface area contributed by atoms with E-state index in [0.29, 0.717) is 5.75 Å². The number of carbonyl (C=O) groups excluding carboxylic acids is 1. The molecule has 0 bridgehead atoms. The molecule has 7 heteroatoms. The van der Waals surface area contributed by atoms with E-state index < -0.39 is 5.97 Å². The molecular formula is C32H30N2O5. The van der Waals surface area contributed by atoms with Crippen LogP contribution in [0.3, 0.4) is 0 Å². The molecule has 4 aromatic carbocycles. The largest absolute Gasteiger partial charge is 0.507 e. The van der Waals surface area contributed by atoms with Crippen molar-refractivity contribution in [1.29, 1.82) is 0 Å². The normalized spacial score (nSPS) is 16.5. The van der Waals surface area contributed by atoms with Gasteiger partial charge in [-0.3, -0.25) is 0 Å². The Morgan fingerprint density at radius 3 is 2.13 bits per heavy atom. The molecule has 0 aromatic heterocycles. The molecule has 2 heterocycles. The third-order valence-corrected chi connectivity index (χ3v) is 7.52. The lowest BCUT2D eigenvalue weighted by molar-refractivity contribution is 0.0597. The number of rotatable bonds is 5. The first-order valence-corrected chi connectivity index (χ1v) is 13.0. The minimum absolute atomic E-state index is 0.131. The average molecular weight is 523 g/mol. The van der Waals surface area contributed by atoms with E-state index >= 15 is 0 Å². The highest BCUT2D eigenvalue weighted by molar-refractivity contribution is 6.01. The number of benzene rings is 4. The number of esters is 1. The van der Waals surface area contributed by atoms with Gasteiger partial charge in [0, 0.05) is 48.5 Å². The van der Waals surface area contributed by atoms with Crippen LogP contribution in [0.1, 0.15) is 27.6 Å². The van der Waals surface area contributed by atoms with Gasteiger partial charge in [-0.2, -0.15) is 0 Å². The van der Waals surface area contributed by atoms with Crippen LogP contribution in [-0.2, 0) is 4.74 Å². The zero-order chi connectivity index (χ0) is 26.9. The summed E-state index contributed by atoms with van der Waals surface area (Å²) in [5, 5.41) is 12.0. The molecule has 0 saturated carbocycles. The first-order chi connectivity index (χ1) is 19.0. The summed E-state index contributed by atoms with van der Waals surface area (Å²) in [6, 6.07) is 23.9. The van der Waals surface area contributed by atoms with Gasteiger partial charge in [-0.15, -0.1) is 0 Å². The number of ether oxygens (including phenoxy) is 3. The highest BCUT2D eigenvalue weighted by Gasteiger charge is 2.22. The first kappa shape index (κ1) is 24.7. The van der Waals surface area contributed by atoms with E-state index in [4.69, 9.17) is 14.2 Å². The van der Waals surface area contributed by atoms with Crippen LogP contribution in [0.2, 0.25) is 0 Å². The van der Waals surface area contributed by atoms with Gasteiger partial charge >= 0.3 is 5.97 Å². The van der Waals surface area contributed by atoms with Crippen LogP contribution in [0, 0.1) is 0 Å². The molecule has 1 saturated heterocycles. The van der Waals surface area contributed by atoms with E-state index in [-0.39, 0.29) is 17.4 Å². The number of fused-ring (bicyclic) bond motifs is 3. The van der Waals surface area contributed by atoms with Gasteiger partial charge in [0.2, 0.25) is 0 Å². The van der Waals surface area contributed by atoms with Crippen molar-refractivity contribution in [3.8, 4) is 17.2 Å². The van der Waals surface area contributed by atoms with Crippen LogP contribution in [0.25, 0.3) is 16.8 Å². The van der Waals surface area contributed by atoms with Gasteiger partial charge in [0.15, 0.2) is 0 Å². The molecule has 7 nitrogen and oxygen atoms in total. The van der Waals surface area contributed by atoms with Gasteiger partial charge in [0.25, 0.3) is 0 Å². The first-order valence-electron chi connectivity index (χ1n) is 13.0. The number of piperazine rings is 1. The third kappa shape index (κ3) is 4.72. The summed E-state index contributed by atoms with van der Waals surface area (Å²) >= 11 is 0. The second-order valence-corrected chi connectivity index (χ2v) is 9.73. The predicted octanol–water partition coefficient (Wildman–Crippen LogP) is 5.81. The molecule has 0 amide bonds. The molecule has 4 aromatic rings. The number of nitrogens with zero attached hydrogens (tertiary/aromatic N) is 2. The van der Waals surface area contributed by atoms with Crippen molar-refractivity contribution in [2.45, 2.75) is 6.10 Å². The Bertz CT molecular complexity index is 1540. The lowest BCUT2D eigenvalue weighted by Gasteiger charge is -2.37. The van der Waals surface area contributed by atoms with Gasteiger partial charge in [0.1, 0.15) is 28.9 Å². The summed E-state index contributed by atoms with van der Waals surface area (Å²) < 4.78 is 16.5. The zero-order valence-electron chi connectivity index (χ0n) is 22.0. The molecular weight excluding hydrogens is 492 g/mol. The molecule has 2 aliphatic rings. The zero-order valence-corrected chi connectivity index (χ0v) is 22.0. The molecule has 1 fully saturated rings. The van der Waals surface area contributed by atoms with Crippen molar-refractivity contribution in [2.24, 2.45) is 0 Å². The van der Waals surface area contributed by atoms with Gasteiger partial charge in [0.05, 0.1) is 14.2 Å². The van der Waals surface area contributed by atoms with E-state index in [1.807, 2.05) is 36.4 Å². The van der Waals surface area contributed by atoms with Crippen molar-refractivity contribution in [3.63, 3.8) is 0 Å². The maximum atomic E-state index is 12.0. The van der Waals surface area contributed by atoms with Crippen LogP contribution in [0.4, 0.5) is 11.4 Å².